The summed E-state index contributed by atoms with van der Waals surface area (Å²) in [6.07, 6.45) is 1.66. The number of ether oxygens (including phenoxy) is 1. The molecule has 2 aromatic carbocycles. The Morgan fingerprint density at radius 3 is 2.39 bits per heavy atom. The third-order valence-electron chi connectivity index (χ3n) is 2.85. The van der Waals surface area contributed by atoms with Crippen molar-refractivity contribution < 1.29 is 14.6 Å². The number of hydrogen-bond acceptors (Lipinski definition) is 4. The first-order valence-corrected chi connectivity index (χ1v) is 8.34. The normalized spacial score (nSPS) is 10.7. The average molecular weight is 442 g/mol. The molecule has 0 unspecified atom stereocenters. The maximum absolute atomic E-state index is 10.8. The van der Waals surface area contributed by atoms with Crippen LogP contribution in [0, 0.1) is 0 Å². The molecule has 5 nitrogen and oxygen atoms in total. The van der Waals surface area contributed by atoms with Crippen molar-refractivity contribution in [2.75, 3.05) is 12.0 Å². The van der Waals surface area contributed by atoms with Crippen molar-refractivity contribution >= 4 is 49.7 Å². The van der Waals surface area contributed by atoms with Crippen molar-refractivity contribution in [1.29, 1.82) is 0 Å². The van der Waals surface area contributed by atoms with Gasteiger partial charge in [-0.1, -0.05) is 0 Å². The van der Waals surface area contributed by atoms with E-state index in [1.165, 1.54) is 12.1 Å². The van der Waals surface area contributed by atoms with E-state index in [9.17, 15) is 4.79 Å². The van der Waals surface area contributed by atoms with Gasteiger partial charge in [-0.25, -0.2) is 4.79 Å². The monoisotopic (exact) mass is 440 g/mol. The van der Waals surface area contributed by atoms with E-state index in [-0.39, 0.29) is 5.56 Å². The molecule has 0 amide bonds. The SMILES string of the molecule is CCOc1c(Br)cc(C=NNc2ccc(C(=O)O)cc2)cc1Br. The van der Waals surface area contributed by atoms with Gasteiger partial charge in [-0.05, 0) is 80.7 Å². The molecule has 0 bridgehead atoms. The highest BCUT2D eigenvalue weighted by Gasteiger charge is 2.07. The van der Waals surface area contributed by atoms with Gasteiger partial charge in [0.05, 0.1) is 33.0 Å². The number of benzene rings is 2. The summed E-state index contributed by atoms with van der Waals surface area (Å²) < 4.78 is 7.19. The first-order valence-electron chi connectivity index (χ1n) is 6.75. The van der Waals surface area contributed by atoms with E-state index in [0.29, 0.717) is 12.3 Å². The largest absolute Gasteiger partial charge is 0.492 e. The molecule has 120 valence electrons. The Morgan fingerprint density at radius 1 is 1.26 bits per heavy atom. The minimum atomic E-state index is -0.955. The molecule has 2 rings (SSSR count). The Morgan fingerprint density at radius 2 is 1.87 bits per heavy atom. The summed E-state index contributed by atoms with van der Waals surface area (Å²) in [5.74, 6) is -0.203. The zero-order valence-corrected chi connectivity index (χ0v) is 15.4. The van der Waals surface area contributed by atoms with Crippen molar-refractivity contribution in [3.63, 3.8) is 0 Å². The molecule has 7 heteroatoms. The number of nitrogens with zero attached hydrogens (tertiary/aromatic N) is 1. The van der Waals surface area contributed by atoms with Gasteiger partial charge < -0.3 is 9.84 Å². The summed E-state index contributed by atoms with van der Waals surface area (Å²) in [4.78, 5) is 10.8. The van der Waals surface area contributed by atoms with E-state index in [2.05, 4.69) is 42.4 Å². The van der Waals surface area contributed by atoms with Gasteiger partial charge in [0.25, 0.3) is 0 Å². The molecule has 0 saturated heterocycles. The quantitative estimate of drug-likeness (QED) is 0.501. The van der Waals surface area contributed by atoms with E-state index in [1.807, 2.05) is 19.1 Å². The number of carboxylic acids is 1. The lowest BCUT2D eigenvalue weighted by atomic mass is 10.2. The number of aromatic carboxylic acids is 1. The third kappa shape index (κ3) is 4.80. The maximum atomic E-state index is 10.8. The fourth-order valence-corrected chi connectivity index (χ4v) is 3.26. The lowest BCUT2D eigenvalue weighted by molar-refractivity contribution is 0.0697. The van der Waals surface area contributed by atoms with E-state index in [0.717, 1.165) is 20.3 Å². The molecule has 0 aromatic heterocycles. The van der Waals surface area contributed by atoms with Gasteiger partial charge in [-0.3, -0.25) is 5.43 Å². The summed E-state index contributed by atoms with van der Waals surface area (Å²) in [6, 6.07) is 10.1. The Labute approximate surface area is 150 Å². The zero-order valence-electron chi connectivity index (χ0n) is 12.2. The summed E-state index contributed by atoms with van der Waals surface area (Å²) >= 11 is 6.93. The highest BCUT2D eigenvalue weighted by atomic mass is 79.9. The van der Waals surface area contributed by atoms with Crippen LogP contribution in [-0.2, 0) is 0 Å². The van der Waals surface area contributed by atoms with Crippen LogP contribution in [0.2, 0.25) is 0 Å². The first-order chi connectivity index (χ1) is 11.0. The van der Waals surface area contributed by atoms with E-state index < -0.39 is 5.97 Å². The molecule has 0 spiro atoms. The summed E-state index contributed by atoms with van der Waals surface area (Å²) in [5, 5.41) is 13.0. The molecule has 2 aromatic rings. The average Bonchev–Trinajstić information content (AvgIpc) is 2.51. The minimum Gasteiger partial charge on any atom is -0.492 e. The molecule has 0 saturated carbocycles. The standard InChI is InChI=1S/C16H14Br2N2O3/c1-2-23-15-13(17)7-10(8-14(15)18)9-19-20-12-5-3-11(4-6-12)16(21)22/h3-9,20H,2H2,1H3,(H,21,22). The zero-order chi connectivity index (χ0) is 16.8. The van der Waals surface area contributed by atoms with Crippen molar-refractivity contribution in [2.45, 2.75) is 6.92 Å². The summed E-state index contributed by atoms with van der Waals surface area (Å²) in [7, 11) is 0. The topological polar surface area (TPSA) is 70.9 Å². The number of anilines is 1. The minimum absolute atomic E-state index is 0.235. The van der Waals surface area contributed by atoms with Gasteiger partial charge >= 0.3 is 5.97 Å². The number of hydrogen-bond donors (Lipinski definition) is 2. The van der Waals surface area contributed by atoms with Crippen LogP contribution in [-0.4, -0.2) is 23.9 Å². The predicted octanol–water partition coefficient (Wildman–Crippen LogP) is 4.75. The third-order valence-corrected chi connectivity index (χ3v) is 4.03. The maximum Gasteiger partial charge on any atom is 0.335 e. The second-order valence-electron chi connectivity index (χ2n) is 4.50. The molecule has 0 aliphatic heterocycles. The lowest BCUT2D eigenvalue weighted by Crippen LogP contribution is -1.97. The number of rotatable bonds is 6. The molecular weight excluding hydrogens is 428 g/mol. The Hall–Kier alpha value is -1.86. The van der Waals surface area contributed by atoms with E-state index in [1.54, 1.807) is 18.3 Å². The van der Waals surface area contributed by atoms with Crippen LogP contribution in [0.15, 0.2) is 50.4 Å². The fourth-order valence-electron chi connectivity index (χ4n) is 1.80. The second kappa shape index (κ2) is 8.12. The van der Waals surface area contributed by atoms with Gasteiger partial charge in [0.15, 0.2) is 0 Å². The number of carbonyl (C=O) groups is 1. The van der Waals surface area contributed by atoms with Crippen LogP contribution in [0.1, 0.15) is 22.8 Å². The predicted molar refractivity (Wildman–Crippen MR) is 97.6 cm³/mol. The van der Waals surface area contributed by atoms with Gasteiger partial charge in [0.1, 0.15) is 5.75 Å². The van der Waals surface area contributed by atoms with E-state index >= 15 is 0 Å². The fraction of sp³-hybridized carbons (Fsp3) is 0.125. The molecular formula is C16H14Br2N2O3. The van der Waals surface area contributed by atoms with Crippen LogP contribution >= 0.6 is 31.9 Å². The van der Waals surface area contributed by atoms with Gasteiger partial charge in [-0.15, -0.1) is 0 Å². The van der Waals surface area contributed by atoms with Crippen LogP contribution in [0.4, 0.5) is 5.69 Å². The molecule has 0 aliphatic rings. The molecule has 0 heterocycles. The van der Waals surface area contributed by atoms with Crippen molar-refractivity contribution in [2.24, 2.45) is 5.10 Å². The van der Waals surface area contributed by atoms with Crippen molar-refractivity contribution in [3.05, 3.63) is 56.5 Å². The second-order valence-corrected chi connectivity index (χ2v) is 6.21. The highest BCUT2D eigenvalue weighted by molar-refractivity contribution is 9.11. The van der Waals surface area contributed by atoms with E-state index in [4.69, 9.17) is 9.84 Å². The van der Waals surface area contributed by atoms with Crippen molar-refractivity contribution in [1.82, 2.24) is 0 Å². The van der Waals surface area contributed by atoms with Gasteiger partial charge in [0, 0.05) is 0 Å². The number of carboxylic acid groups (broad SMARTS) is 1. The number of hydrazone groups is 1. The van der Waals surface area contributed by atoms with Gasteiger partial charge in [-0.2, -0.15) is 5.10 Å². The lowest BCUT2D eigenvalue weighted by Gasteiger charge is -2.09. The Balaban J connectivity index is 2.07. The first kappa shape index (κ1) is 17.5. The molecule has 0 radical (unpaired) electrons. The number of halogens is 2. The Kier molecular flexibility index (Phi) is 6.18. The molecule has 23 heavy (non-hydrogen) atoms. The molecule has 2 N–H and O–H groups in total. The molecule has 0 fully saturated rings. The van der Waals surface area contributed by atoms with Crippen LogP contribution in [0.3, 0.4) is 0 Å². The smallest absolute Gasteiger partial charge is 0.335 e. The van der Waals surface area contributed by atoms with Crippen LogP contribution in [0.5, 0.6) is 5.75 Å². The van der Waals surface area contributed by atoms with Gasteiger partial charge in [0.2, 0.25) is 0 Å². The molecule has 0 aliphatic carbocycles. The molecule has 0 atom stereocenters. The summed E-state index contributed by atoms with van der Waals surface area (Å²) in [5.41, 5.74) is 4.67. The highest BCUT2D eigenvalue weighted by Crippen LogP contribution is 2.34. The summed E-state index contributed by atoms with van der Waals surface area (Å²) in [6.45, 7) is 2.51. The van der Waals surface area contributed by atoms with Crippen LogP contribution < -0.4 is 10.2 Å². The Bertz CT molecular complexity index is 708. The van der Waals surface area contributed by atoms with Crippen LogP contribution in [0.25, 0.3) is 0 Å². The van der Waals surface area contributed by atoms with Crippen molar-refractivity contribution in [3.8, 4) is 5.75 Å². The number of nitrogens with one attached hydrogen (secondary N) is 1.